The molecule has 2 nitrogen and oxygen atoms in total. The van der Waals surface area contributed by atoms with E-state index in [4.69, 9.17) is 5.73 Å². The highest BCUT2D eigenvalue weighted by molar-refractivity contribution is 5.97. The van der Waals surface area contributed by atoms with Crippen LogP contribution in [0.2, 0.25) is 0 Å². The minimum Gasteiger partial charge on any atom is -0.324 e. The maximum atomic E-state index is 12.8. The van der Waals surface area contributed by atoms with Crippen LogP contribution in [0.1, 0.15) is 10.4 Å². The van der Waals surface area contributed by atoms with Gasteiger partial charge in [0.15, 0.2) is 5.78 Å². The summed E-state index contributed by atoms with van der Waals surface area (Å²) in [4.78, 5) is 10.9. The number of rotatable bonds is 2. The smallest absolute Gasteiger partial charge is 0.182 e. The number of nitrogens with two attached hydrogens (primary N) is 1. The van der Waals surface area contributed by atoms with Gasteiger partial charge in [-0.15, -0.1) is 12.4 Å². The first-order valence-electron chi connectivity index (χ1n) is 3.34. The Bertz CT molecular complexity index is 297. The van der Waals surface area contributed by atoms with Gasteiger partial charge in [0, 0.05) is 0 Å². The molecular formula is C8H8ClF2NO. The van der Waals surface area contributed by atoms with Crippen molar-refractivity contribution in [2.45, 2.75) is 0 Å². The van der Waals surface area contributed by atoms with Crippen molar-refractivity contribution in [2.75, 3.05) is 6.54 Å². The van der Waals surface area contributed by atoms with Crippen LogP contribution in [0.4, 0.5) is 8.78 Å². The van der Waals surface area contributed by atoms with Crippen LogP contribution in [-0.4, -0.2) is 12.3 Å². The number of hydrogen-bond acceptors (Lipinski definition) is 2. The molecule has 0 radical (unpaired) electrons. The van der Waals surface area contributed by atoms with Crippen LogP contribution in [0.3, 0.4) is 0 Å². The lowest BCUT2D eigenvalue weighted by molar-refractivity contribution is 0.0993. The Kier molecular flexibility index (Phi) is 4.51. The zero-order valence-corrected chi connectivity index (χ0v) is 7.41. The van der Waals surface area contributed by atoms with Crippen LogP contribution >= 0.6 is 12.4 Å². The molecular weight excluding hydrogens is 200 g/mol. The molecule has 0 amide bonds. The molecule has 2 N–H and O–H groups in total. The lowest BCUT2D eigenvalue weighted by atomic mass is 10.1. The molecule has 0 bridgehead atoms. The zero-order valence-electron chi connectivity index (χ0n) is 6.59. The van der Waals surface area contributed by atoms with Gasteiger partial charge in [-0.05, 0) is 12.1 Å². The molecule has 0 fully saturated rings. The van der Waals surface area contributed by atoms with Crippen LogP contribution in [0, 0.1) is 11.6 Å². The highest BCUT2D eigenvalue weighted by atomic mass is 35.5. The third-order valence-corrected chi connectivity index (χ3v) is 1.43. The number of Topliss-reactive ketones (excluding diaryl/α,β-unsaturated/α-hetero) is 1. The highest BCUT2D eigenvalue weighted by Crippen LogP contribution is 2.11. The van der Waals surface area contributed by atoms with Crippen molar-refractivity contribution in [2.24, 2.45) is 5.73 Å². The van der Waals surface area contributed by atoms with E-state index in [2.05, 4.69) is 0 Å². The largest absolute Gasteiger partial charge is 0.324 e. The van der Waals surface area contributed by atoms with E-state index in [1.54, 1.807) is 0 Å². The van der Waals surface area contributed by atoms with Crippen molar-refractivity contribution in [1.82, 2.24) is 0 Å². The van der Waals surface area contributed by atoms with Gasteiger partial charge in [0.1, 0.15) is 11.6 Å². The minimum absolute atomic E-state index is 0. The Morgan fingerprint density at radius 3 is 2.15 bits per heavy atom. The molecule has 0 atom stereocenters. The highest BCUT2D eigenvalue weighted by Gasteiger charge is 2.14. The van der Waals surface area contributed by atoms with Crippen molar-refractivity contribution in [1.29, 1.82) is 0 Å². The molecule has 1 rings (SSSR count). The summed E-state index contributed by atoms with van der Waals surface area (Å²) in [5.74, 6) is -2.47. The summed E-state index contributed by atoms with van der Waals surface area (Å²) in [6, 6.07) is 3.23. The Labute approximate surface area is 80.1 Å². The van der Waals surface area contributed by atoms with Gasteiger partial charge in [-0.1, -0.05) is 6.07 Å². The van der Waals surface area contributed by atoms with Gasteiger partial charge in [0.25, 0.3) is 0 Å². The number of benzene rings is 1. The van der Waals surface area contributed by atoms with E-state index in [0.29, 0.717) is 0 Å². The van der Waals surface area contributed by atoms with E-state index in [1.165, 1.54) is 6.07 Å². The van der Waals surface area contributed by atoms with Crippen molar-refractivity contribution in [3.8, 4) is 0 Å². The average Bonchev–Trinajstić information content (AvgIpc) is 2.03. The average molecular weight is 208 g/mol. The fourth-order valence-electron chi connectivity index (χ4n) is 0.866. The Balaban J connectivity index is 0.00000144. The quantitative estimate of drug-likeness (QED) is 0.748. The van der Waals surface area contributed by atoms with Crippen molar-refractivity contribution < 1.29 is 13.6 Å². The number of carbonyl (C=O) groups excluding carboxylic acids is 1. The van der Waals surface area contributed by atoms with Crippen LogP contribution in [0.5, 0.6) is 0 Å². The van der Waals surface area contributed by atoms with E-state index in [1.807, 2.05) is 0 Å². The second-order valence-corrected chi connectivity index (χ2v) is 2.22. The fraction of sp³-hybridized carbons (Fsp3) is 0.125. The molecule has 0 aromatic heterocycles. The van der Waals surface area contributed by atoms with Crippen LogP contribution in [-0.2, 0) is 0 Å². The van der Waals surface area contributed by atoms with Gasteiger partial charge in [0.2, 0.25) is 0 Å². The van der Waals surface area contributed by atoms with Gasteiger partial charge in [-0.3, -0.25) is 4.79 Å². The molecule has 0 unspecified atom stereocenters. The second-order valence-electron chi connectivity index (χ2n) is 2.22. The first kappa shape index (κ1) is 12.0. The molecule has 0 heterocycles. The maximum Gasteiger partial charge on any atom is 0.182 e. The normalized spacial score (nSPS) is 9.15. The summed E-state index contributed by atoms with van der Waals surface area (Å²) in [6.07, 6.45) is 0. The van der Waals surface area contributed by atoms with Crippen LogP contribution < -0.4 is 5.73 Å². The summed E-state index contributed by atoms with van der Waals surface area (Å²) in [5, 5.41) is 0. The Morgan fingerprint density at radius 1 is 1.31 bits per heavy atom. The summed E-state index contributed by atoms with van der Waals surface area (Å²) in [5.41, 5.74) is 4.40. The van der Waals surface area contributed by atoms with Gasteiger partial charge < -0.3 is 5.73 Å². The SMILES string of the molecule is Cl.NCC(=O)c1c(F)cccc1F. The lowest BCUT2D eigenvalue weighted by Gasteiger charge is -2.00. The summed E-state index contributed by atoms with van der Waals surface area (Å²) < 4.78 is 25.5. The van der Waals surface area contributed by atoms with E-state index in [0.717, 1.165) is 12.1 Å². The number of carbonyl (C=O) groups is 1. The van der Waals surface area contributed by atoms with Crippen LogP contribution in [0.15, 0.2) is 18.2 Å². The minimum atomic E-state index is -0.870. The van der Waals surface area contributed by atoms with Crippen molar-refractivity contribution >= 4 is 18.2 Å². The summed E-state index contributed by atoms with van der Waals surface area (Å²) in [7, 11) is 0. The molecule has 0 aliphatic carbocycles. The molecule has 72 valence electrons. The summed E-state index contributed by atoms with van der Waals surface area (Å²) >= 11 is 0. The molecule has 0 saturated carbocycles. The predicted octanol–water partition coefficient (Wildman–Crippen LogP) is 1.53. The Morgan fingerprint density at radius 2 is 1.77 bits per heavy atom. The van der Waals surface area contributed by atoms with Crippen molar-refractivity contribution in [3.05, 3.63) is 35.4 Å². The van der Waals surface area contributed by atoms with Gasteiger partial charge in [0.05, 0.1) is 12.1 Å². The summed E-state index contributed by atoms with van der Waals surface area (Å²) in [6.45, 7) is -0.391. The van der Waals surface area contributed by atoms with E-state index in [-0.39, 0.29) is 12.4 Å². The molecule has 1 aromatic rings. The zero-order chi connectivity index (χ0) is 9.14. The number of ketones is 1. The number of hydrogen-bond donors (Lipinski definition) is 1. The molecule has 5 heteroatoms. The van der Waals surface area contributed by atoms with E-state index < -0.39 is 29.5 Å². The van der Waals surface area contributed by atoms with E-state index >= 15 is 0 Å². The standard InChI is InChI=1S/C8H7F2NO.ClH/c9-5-2-1-3-6(10)8(5)7(12)4-11;/h1-3H,4,11H2;1H. The molecule has 0 saturated heterocycles. The van der Waals surface area contributed by atoms with Gasteiger partial charge in [-0.2, -0.15) is 0 Å². The third kappa shape index (κ3) is 2.47. The number of halogens is 3. The lowest BCUT2D eigenvalue weighted by Crippen LogP contribution is -2.16. The molecule has 0 aliphatic heterocycles. The fourth-order valence-corrected chi connectivity index (χ4v) is 0.866. The van der Waals surface area contributed by atoms with Gasteiger partial charge in [-0.25, -0.2) is 8.78 Å². The second kappa shape index (κ2) is 4.89. The molecule has 13 heavy (non-hydrogen) atoms. The predicted molar refractivity (Wildman–Crippen MR) is 47.0 cm³/mol. The monoisotopic (exact) mass is 207 g/mol. The van der Waals surface area contributed by atoms with Crippen LogP contribution in [0.25, 0.3) is 0 Å². The molecule has 1 aromatic carbocycles. The van der Waals surface area contributed by atoms with Gasteiger partial charge >= 0.3 is 0 Å². The Hall–Kier alpha value is -1.00. The molecule has 0 spiro atoms. The van der Waals surface area contributed by atoms with Crippen molar-refractivity contribution in [3.63, 3.8) is 0 Å². The van der Waals surface area contributed by atoms with E-state index in [9.17, 15) is 13.6 Å². The first-order chi connectivity index (χ1) is 5.66. The third-order valence-electron chi connectivity index (χ3n) is 1.43. The molecule has 0 aliphatic rings. The maximum absolute atomic E-state index is 12.8. The topological polar surface area (TPSA) is 43.1 Å². The first-order valence-corrected chi connectivity index (χ1v) is 3.34.